The van der Waals surface area contributed by atoms with Gasteiger partial charge in [0.1, 0.15) is 0 Å². The van der Waals surface area contributed by atoms with Gasteiger partial charge in [0.2, 0.25) is 0 Å². The number of nitrogens with two attached hydrogens (primary N) is 1. The predicted molar refractivity (Wildman–Crippen MR) is 95.0 cm³/mol. The molecule has 0 aliphatic heterocycles. The molecule has 3 rings (SSSR count). The second-order valence-corrected chi connectivity index (χ2v) is 5.95. The van der Waals surface area contributed by atoms with Crippen LogP contribution < -0.4 is 15.8 Å². The molecule has 0 heterocycles. The van der Waals surface area contributed by atoms with Crippen LogP contribution in [0.2, 0.25) is 0 Å². The van der Waals surface area contributed by atoms with Crippen LogP contribution in [0, 0.1) is 5.82 Å². The molecular weight excluding hydrogens is 305 g/mol. The van der Waals surface area contributed by atoms with Gasteiger partial charge in [-0.05, 0) is 60.6 Å². The van der Waals surface area contributed by atoms with Crippen molar-refractivity contribution in [3.8, 4) is 5.75 Å². The van der Waals surface area contributed by atoms with Gasteiger partial charge in [0.05, 0.1) is 13.7 Å². The Bertz CT molecular complexity index is 758. The lowest BCUT2D eigenvalue weighted by molar-refractivity contribution is 0.386. The first kappa shape index (κ1) is 16.3. The number of hydrogen-bond donors (Lipinski definition) is 2. The molecule has 0 aromatic heterocycles. The molecule has 0 saturated carbocycles. The molecule has 0 atom stereocenters. The van der Waals surface area contributed by atoms with Gasteiger partial charge >= 0.3 is 0 Å². The number of anilines is 1. The van der Waals surface area contributed by atoms with Gasteiger partial charge in [-0.15, -0.1) is 0 Å². The summed E-state index contributed by atoms with van der Waals surface area (Å²) in [7, 11) is 1.44. The molecule has 0 unspecified atom stereocenters. The average molecular weight is 327 g/mol. The summed E-state index contributed by atoms with van der Waals surface area (Å²) in [6.45, 7) is 0.314. The summed E-state index contributed by atoms with van der Waals surface area (Å²) < 4.78 is 18.6. The minimum atomic E-state index is -0.395. The van der Waals surface area contributed by atoms with Crippen LogP contribution in [0.5, 0.6) is 5.75 Å². The molecule has 3 N–H and O–H groups in total. The van der Waals surface area contributed by atoms with E-state index in [0.717, 1.165) is 24.1 Å². The number of halogens is 1. The van der Waals surface area contributed by atoms with E-state index in [0.29, 0.717) is 12.5 Å². The molecule has 126 valence electrons. The highest BCUT2D eigenvalue weighted by Crippen LogP contribution is 2.27. The van der Waals surface area contributed by atoms with E-state index in [9.17, 15) is 4.39 Å². The lowest BCUT2D eigenvalue weighted by atomic mass is 9.90. The minimum Gasteiger partial charge on any atom is -0.494 e. The Kier molecular flexibility index (Phi) is 4.99. The number of guanidine groups is 1. The van der Waals surface area contributed by atoms with Crippen molar-refractivity contribution >= 4 is 11.6 Å². The SMILES string of the molecule is COc1ccc(CN=C(N)Nc2cccc3c2CCCC3)cc1F. The molecule has 0 fully saturated rings. The van der Waals surface area contributed by atoms with Gasteiger partial charge in [-0.2, -0.15) is 0 Å². The minimum absolute atomic E-state index is 0.227. The number of aryl methyl sites for hydroxylation is 1. The second-order valence-electron chi connectivity index (χ2n) is 5.95. The average Bonchev–Trinajstić information content (AvgIpc) is 2.60. The highest BCUT2D eigenvalue weighted by Gasteiger charge is 2.13. The second kappa shape index (κ2) is 7.34. The van der Waals surface area contributed by atoms with E-state index in [1.807, 2.05) is 12.1 Å². The Morgan fingerprint density at radius 2 is 2.08 bits per heavy atom. The third-order valence-electron chi connectivity index (χ3n) is 4.31. The zero-order chi connectivity index (χ0) is 16.9. The van der Waals surface area contributed by atoms with E-state index in [2.05, 4.69) is 16.4 Å². The Hall–Kier alpha value is -2.56. The number of hydrogen-bond acceptors (Lipinski definition) is 2. The first-order chi connectivity index (χ1) is 11.7. The number of methoxy groups -OCH3 is 1. The number of benzene rings is 2. The maximum Gasteiger partial charge on any atom is 0.193 e. The first-order valence-corrected chi connectivity index (χ1v) is 8.17. The molecule has 0 bridgehead atoms. The van der Waals surface area contributed by atoms with Crippen LogP contribution in [0.25, 0.3) is 0 Å². The van der Waals surface area contributed by atoms with Crippen molar-refractivity contribution in [2.75, 3.05) is 12.4 Å². The lowest BCUT2D eigenvalue weighted by Crippen LogP contribution is -2.24. The van der Waals surface area contributed by atoms with Crippen molar-refractivity contribution in [2.45, 2.75) is 32.2 Å². The summed E-state index contributed by atoms with van der Waals surface area (Å²) in [6, 6.07) is 11.0. The summed E-state index contributed by atoms with van der Waals surface area (Å²) in [5.74, 6) is 0.170. The summed E-state index contributed by atoms with van der Waals surface area (Å²) >= 11 is 0. The fourth-order valence-corrected chi connectivity index (χ4v) is 3.06. The van der Waals surface area contributed by atoms with E-state index >= 15 is 0 Å². The summed E-state index contributed by atoms with van der Waals surface area (Å²) in [5, 5.41) is 3.19. The molecule has 2 aromatic rings. The molecule has 1 aliphatic rings. The quantitative estimate of drug-likeness (QED) is 0.666. The van der Waals surface area contributed by atoms with Crippen molar-refractivity contribution < 1.29 is 9.13 Å². The van der Waals surface area contributed by atoms with Crippen LogP contribution in [0.1, 0.15) is 29.5 Å². The topological polar surface area (TPSA) is 59.6 Å². The van der Waals surface area contributed by atoms with Crippen LogP contribution in [-0.4, -0.2) is 13.1 Å². The predicted octanol–water partition coefficient (Wildman–Crippen LogP) is 3.64. The molecule has 4 nitrogen and oxygen atoms in total. The number of fused-ring (bicyclic) bond motifs is 1. The van der Waals surface area contributed by atoms with Gasteiger partial charge in [-0.3, -0.25) is 0 Å². The maximum atomic E-state index is 13.7. The third kappa shape index (κ3) is 3.67. The van der Waals surface area contributed by atoms with Gasteiger partial charge in [0, 0.05) is 5.69 Å². The molecule has 0 spiro atoms. The normalized spacial score (nSPS) is 14.2. The van der Waals surface area contributed by atoms with E-state index in [1.165, 1.54) is 37.1 Å². The summed E-state index contributed by atoms with van der Waals surface area (Å²) in [4.78, 5) is 4.31. The number of ether oxygens (including phenoxy) is 1. The molecular formula is C19H22FN3O. The molecule has 24 heavy (non-hydrogen) atoms. The molecule has 0 saturated heterocycles. The number of aliphatic imine (C=N–C) groups is 1. The van der Waals surface area contributed by atoms with E-state index in [1.54, 1.807) is 12.1 Å². The number of nitrogens with zero attached hydrogens (tertiary/aromatic N) is 1. The van der Waals surface area contributed by atoms with Crippen LogP contribution in [0.3, 0.4) is 0 Å². The van der Waals surface area contributed by atoms with Gasteiger partial charge in [0.25, 0.3) is 0 Å². The van der Waals surface area contributed by atoms with Crippen molar-refractivity contribution in [1.29, 1.82) is 0 Å². The molecule has 1 aliphatic carbocycles. The van der Waals surface area contributed by atoms with E-state index in [-0.39, 0.29) is 5.75 Å². The fraction of sp³-hybridized carbons (Fsp3) is 0.316. The maximum absolute atomic E-state index is 13.7. The Morgan fingerprint density at radius 3 is 2.88 bits per heavy atom. The monoisotopic (exact) mass is 327 g/mol. The zero-order valence-electron chi connectivity index (χ0n) is 13.8. The van der Waals surface area contributed by atoms with Gasteiger partial charge < -0.3 is 15.8 Å². The van der Waals surface area contributed by atoms with Crippen molar-refractivity contribution in [2.24, 2.45) is 10.7 Å². The highest BCUT2D eigenvalue weighted by atomic mass is 19.1. The Labute approximate surface area is 141 Å². The summed E-state index contributed by atoms with van der Waals surface area (Å²) in [6.07, 6.45) is 4.62. The van der Waals surface area contributed by atoms with Crippen LogP contribution in [-0.2, 0) is 19.4 Å². The Morgan fingerprint density at radius 1 is 1.25 bits per heavy atom. The standard InChI is InChI=1S/C19H22FN3O/c1-24-18-10-9-13(11-16(18)20)12-22-19(21)23-17-8-4-6-14-5-2-3-7-15(14)17/h4,6,8-11H,2-3,5,7,12H2,1H3,(H3,21,22,23). The van der Waals surface area contributed by atoms with Crippen molar-refractivity contribution in [3.05, 3.63) is 58.9 Å². The molecule has 0 radical (unpaired) electrons. The van der Waals surface area contributed by atoms with Crippen LogP contribution in [0.4, 0.5) is 10.1 Å². The lowest BCUT2D eigenvalue weighted by Gasteiger charge is -2.19. The first-order valence-electron chi connectivity index (χ1n) is 8.17. The van der Waals surface area contributed by atoms with Crippen LogP contribution in [0.15, 0.2) is 41.4 Å². The third-order valence-corrected chi connectivity index (χ3v) is 4.31. The van der Waals surface area contributed by atoms with Crippen LogP contribution >= 0.6 is 0 Å². The van der Waals surface area contributed by atoms with E-state index < -0.39 is 5.82 Å². The smallest absolute Gasteiger partial charge is 0.193 e. The van der Waals surface area contributed by atoms with Gasteiger partial charge in [-0.25, -0.2) is 9.38 Å². The fourth-order valence-electron chi connectivity index (χ4n) is 3.06. The van der Waals surface area contributed by atoms with E-state index in [4.69, 9.17) is 10.5 Å². The molecule has 5 heteroatoms. The van der Waals surface area contributed by atoms with Crippen molar-refractivity contribution in [3.63, 3.8) is 0 Å². The molecule has 0 amide bonds. The summed E-state index contributed by atoms with van der Waals surface area (Å²) in [5.41, 5.74) is 10.5. The van der Waals surface area contributed by atoms with Gasteiger partial charge in [0.15, 0.2) is 17.5 Å². The highest BCUT2D eigenvalue weighted by molar-refractivity contribution is 5.93. The van der Waals surface area contributed by atoms with Crippen molar-refractivity contribution in [1.82, 2.24) is 0 Å². The Balaban J connectivity index is 1.70. The van der Waals surface area contributed by atoms with Gasteiger partial charge in [-0.1, -0.05) is 18.2 Å². The largest absolute Gasteiger partial charge is 0.494 e. The number of rotatable bonds is 4. The molecule has 2 aromatic carbocycles. The number of nitrogens with one attached hydrogen (secondary N) is 1. The zero-order valence-corrected chi connectivity index (χ0v) is 13.8.